The molecule has 1 aromatic rings. The quantitative estimate of drug-likeness (QED) is 0.834. The summed E-state index contributed by atoms with van der Waals surface area (Å²) < 4.78 is 5.36. The van der Waals surface area contributed by atoms with Crippen molar-refractivity contribution in [2.75, 3.05) is 6.61 Å². The van der Waals surface area contributed by atoms with E-state index in [1.807, 2.05) is 26.0 Å². The summed E-state index contributed by atoms with van der Waals surface area (Å²) in [4.78, 5) is 22.7. The van der Waals surface area contributed by atoms with E-state index in [2.05, 4.69) is 5.32 Å². The maximum atomic E-state index is 11.7. The van der Waals surface area contributed by atoms with Gasteiger partial charge in [-0.05, 0) is 43.0 Å². The van der Waals surface area contributed by atoms with Crippen molar-refractivity contribution in [2.24, 2.45) is 5.92 Å². The predicted molar refractivity (Wildman–Crippen MR) is 75.8 cm³/mol. The molecule has 5 heteroatoms. The molecule has 0 saturated heterocycles. The molecule has 0 aliphatic carbocycles. The first-order valence-corrected chi connectivity index (χ1v) is 6.53. The van der Waals surface area contributed by atoms with Gasteiger partial charge in [0, 0.05) is 0 Å². The number of hydrogen-bond acceptors (Lipinski definition) is 3. The first kappa shape index (κ1) is 16.0. The van der Waals surface area contributed by atoms with Crippen molar-refractivity contribution in [3.05, 3.63) is 29.3 Å². The number of hydrogen-bond donors (Lipinski definition) is 2. The molecule has 1 rings (SSSR count). The van der Waals surface area contributed by atoms with E-state index in [0.29, 0.717) is 5.75 Å². The summed E-state index contributed by atoms with van der Waals surface area (Å²) in [6.07, 6.45) is 0. The highest BCUT2D eigenvalue weighted by Crippen LogP contribution is 2.16. The Balaban J connectivity index is 2.54. The number of ether oxygens (including phenoxy) is 1. The van der Waals surface area contributed by atoms with Crippen molar-refractivity contribution in [3.63, 3.8) is 0 Å². The largest absolute Gasteiger partial charge is 0.484 e. The summed E-state index contributed by atoms with van der Waals surface area (Å²) in [6, 6.07) is 4.65. The third-order valence-electron chi connectivity index (χ3n) is 3.10. The van der Waals surface area contributed by atoms with Gasteiger partial charge in [-0.25, -0.2) is 4.79 Å². The number of rotatable bonds is 6. The molecule has 0 fully saturated rings. The molecular weight excluding hydrogens is 258 g/mol. The summed E-state index contributed by atoms with van der Waals surface area (Å²) in [7, 11) is 0. The van der Waals surface area contributed by atoms with Gasteiger partial charge in [-0.15, -0.1) is 0 Å². The van der Waals surface area contributed by atoms with Gasteiger partial charge in [0.1, 0.15) is 11.8 Å². The monoisotopic (exact) mass is 279 g/mol. The van der Waals surface area contributed by atoms with Gasteiger partial charge in [-0.1, -0.05) is 19.9 Å². The molecule has 2 N–H and O–H groups in total. The molecule has 0 aliphatic rings. The average Bonchev–Trinajstić information content (AvgIpc) is 2.36. The Morgan fingerprint density at radius 2 is 1.90 bits per heavy atom. The second-order valence-corrected chi connectivity index (χ2v) is 5.16. The minimum Gasteiger partial charge on any atom is -0.484 e. The Labute approximate surface area is 118 Å². The van der Waals surface area contributed by atoms with Crippen molar-refractivity contribution >= 4 is 11.9 Å². The van der Waals surface area contributed by atoms with Gasteiger partial charge in [-0.3, -0.25) is 4.79 Å². The molecule has 0 bridgehead atoms. The summed E-state index contributed by atoms with van der Waals surface area (Å²) >= 11 is 0. The molecule has 0 heterocycles. The molecule has 5 nitrogen and oxygen atoms in total. The van der Waals surface area contributed by atoms with E-state index in [1.54, 1.807) is 19.9 Å². The molecular formula is C15H21NO4. The smallest absolute Gasteiger partial charge is 0.326 e. The van der Waals surface area contributed by atoms with Gasteiger partial charge in [0.25, 0.3) is 5.91 Å². The van der Waals surface area contributed by atoms with Crippen molar-refractivity contribution in [3.8, 4) is 5.75 Å². The summed E-state index contributed by atoms with van der Waals surface area (Å²) in [6.45, 7) is 7.24. The van der Waals surface area contributed by atoms with Crippen molar-refractivity contribution in [1.29, 1.82) is 0 Å². The van der Waals surface area contributed by atoms with Crippen LogP contribution in [-0.4, -0.2) is 29.6 Å². The zero-order valence-electron chi connectivity index (χ0n) is 12.3. The number of nitrogens with one attached hydrogen (secondary N) is 1. The number of carboxylic acid groups (broad SMARTS) is 1. The lowest BCUT2D eigenvalue weighted by Gasteiger charge is -2.18. The fraction of sp³-hybridized carbons (Fsp3) is 0.467. The Hall–Kier alpha value is -2.04. The highest BCUT2D eigenvalue weighted by atomic mass is 16.5. The standard InChI is InChI=1S/C15H21NO4/c1-9(2)14(15(18)19)16-13(17)8-20-12-6-5-10(3)11(4)7-12/h5-7,9,14H,8H2,1-4H3,(H,16,17)(H,18,19). The van der Waals surface area contributed by atoms with Crippen LogP contribution < -0.4 is 10.1 Å². The SMILES string of the molecule is Cc1ccc(OCC(=O)NC(C(=O)O)C(C)C)cc1C. The van der Waals surface area contributed by atoms with Crippen LogP contribution in [0.3, 0.4) is 0 Å². The van der Waals surface area contributed by atoms with Crippen molar-refractivity contribution in [1.82, 2.24) is 5.32 Å². The van der Waals surface area contributed by atoms with Gasteiger partial charge >= 0.3 is 5.97 Å². The highest BCUT2D eigenvalue weighted by Gasteiger charge is 2.23. The first-order valence-electron chi connectivity index (χ1n) is 6.53. The second kappa shape index (κ2) is 6.93. The summed E-state index contributed by atoms with van der Waals surface area (Å²) in [5.74, 6) is -1.07. The molecule has 0 radical (unpaired) electrons. The molecule has 1 atom stereocenters. The molecule has 0 saturated carbocycles. The highest BCUT2D eigenvalue weighted by molar-refractivity contribution is 5.84. The van der Waals surface area contributed by atoms with Crippen LogP contribution >= 0.6 is 0 Å². The molecule has 0 spiro atoms. The predicted octanol–water partition coefficient (Wildman–Crippen LogP) is 1.91. The molecule has 20 heavy (non-hydrogen) atoms. The minimum atomic E-state index is -1.04. The van der Waals surface area contributed by atoms with Gasteiger partial charge in [0.05, 0.1) is 0 Å². The zero-order valence-corrected chi connectivity index (χ0v) is 12.3. The molecule has 1 unspecified atom stereocenters. The van der Waals surface area contributed by atoms with Crippen LogP contribution in [0.15, 0.2) is 18.2 Å². The molecule has 0 aromatic heterocycles. The molecule has 1 aromatic carbocycles. The van der Waals surface area contributed by atoms with Crippen LogP contribution in [0, 0.1) is 19.8 Å². The Kier molecular flexibility index (Phi) is 5.55. The number of amides is 1. The van der Waals surface area contributed by atoms with E-state index in [1.165, 1.54) is 0 Å². The Morgan fingerprint density at radius 3 is 2.40 bits per heavy atom. The van der Waals surface area contributed by atoms with Crippen LogP contribution in [-0.2, 0) is 9.59 Å². The molecule has 0 aliphatic heterocycles. The third kappa shape index (κ3) is 4.57. The fourth-order valence-corrected chi connectivity index (χ4v) is 1.68. The summed E-state index contributed by atoms with van der Waals surface area (Å²) in [5, 5.41) is 11.4. The molecule has 110 valence electrons. The van der Waals surface area contributed by atoms with E-state index < -0.39 is 17.9 Å². The van der Waals surface area contributed by atoms with E-state index in [-0.39, 0.29) is 12.5 Å². The topological polar surface area (TPSA) is 75.6 Å². The van der Waals surface area contributed by atoms with E-state index >= 15 is 0 Å². The van der Waals surface area contributed by atoms with Crippen LogP contribution in [0.1, 0.15) is 25.0 Å². The second-order valence-electron chi connectivity index (χ2n) is 5.16. The fourth-order valence-electron chi connectivity index (χ4n) is 1.68. The maximum absolute atomic E-state index is 11.7. The lowest BCUT2D eigenvalue weighted by molar-refractivity contribution is -0.143. The third-order valence-corrected chi connectivity index (χ3v) is 3.10. The first-order chi connectivity index (χ1) is 9.31. The zero-order chi connectivity index (χ0) is 15.3. The number of aryl methyl sites for hydroxylation is 2. The Bertz CT molecular complexity index is 497. The lowest BCUT2D eigenvalue weighted by Crippen LogP contribution is -2.46. The van der Waals surface area contributed by atoms with E-state index in [4.69, 9.17) is 9.84 Å². The van der Waals surface area contributed by atoms with Crippen molar-refractivity contribution in [2.45, 2.75) is 33.7 Å². The van der Waals surface area contributed by atoms with Gasteiger partial charge in [0.15, 0.2) is 6.61 Å². The van der Waals surface area contributed by atoms with Crippen LogP contribution in [0.4, 0.5) is 0 Å². The number of carboxylic acids is 1. The average molecular weight is 279 g/mol. The number of benzene rings is 1. The normalized spacial score (nSPS) is 12.1. The van der Waals surface area contributed by atoms with E-state index in [9.17, 15) is 9.59 Å². The molecule has 1 amide bonds. The Morgan fingerprint density at radius 1 is 1.25 bits per heavy atom. The number of carbonyl (C=O) groups excluding carboxylic acids is 1. The van der Waals surface area contributed by atoms with Gasteiger partial charge < -0.3 is 15.2 Å². The number of aliphatic carboxylic acids is 1. The van der Waals surface area contributed by atoms with Crippen LogP contribution in [0.2, 0.25) is 0 Å². The summed E-state index contributed by atoms with van der Waals surface area (Å²) in [5.41, 5.74) is 2.22. The maximum Gasteiger partial charge on any atom is 0.326 e. The van der Waals surface area contributed by atoms with Gasteiger partial charge in [-0.2, -0.15) is 0 Å². The lowest BCUT2D eigenvalue weighted by atomic mass is 10.1. The number of carbonyl (C=O) groups is 2. The van der Waals surface area contributed by atoms with Crippen molar-refractivity contribution < 1.29 is 19.4 Å². The van der Waals surface area contributed by atoms with E-state index in [0.717, 1.165) is 11.1 Å². The van der Waals surface area contributed by atoms with Gasteiger partial charge in [0.2, 0.25) is 0 Å². The minimum absolute atomic E-state index is 0.182. The van der Waals surface area contributed by atoms with Crippen LogP contribution in [0.25, 0.3) is 0 Å². The van der Waals surface area contributed by atoms with Crippen LogP contribution in [0.5, 0.6) is 5.75 Å².